The summed E-state index contributed by atoms with van der Waals surface area (Å²) >= 11 is 0. The maximum atomic E-state index is 16.5. The third-order valence-corrected chi connectivity index (χ3v) is 9.02. The van der Waals surface area contributed by atoms with E-state index in [1.54, 1.807) is 6.92 Å². The van der Waals surface area contributed by atoms with Gasteiger partial charge in [-0.15, -0.1) is 0 Å². The number of nitrogens with one attached hydrogen (secondary N) is 2. The number of pyridine rings is 1. The van der Waals surface area contributed by atoms with Gasteiger partial charge in [-0.25, -0.2) is 13.6 Å². The van der Waals surface area contributed by atoms with Crippen molar-refractivity contribution in [3.8, 4) is 17.3 Å². The van der Waals surface area contributed by atoms with E-state index in [-0.39, 0.29) is 41.0 Å². The Morgan fingerprint density at radius 3 is 2.77 bits per heavy atom. The van der Waals surface area contributed by atoms with Crippen molar-refractivity contribution in [1.29, 1.82) is 0 Å². The Hall–Kier alpha value is -4.13. The number of carbonyl (C=O) groups excluding carboxylic acids is 1. The normalized spacial score (nSPS) is 20.1. The average Bonchev–Trinajstić information content (AvgIpc) is 3.72. The van der Waals surface area contributed by atoms with Crippen LogP contribution in [0.25, 0.3) is 33.1 Å². The third-order valence-electron chi connectivity index (χ3n) is 9.02. The Balaban J connectivity index is 1.29. The standard InChI is InChI=1S/C30H34F2N8O3/c1-2-42-29(41)35-19-6-3-9-39(16-19)27-22-14-33-25(20-12-18(31)13-23-21(20)15-34-38-23)24(32)26(22)36-28(37-27)43-17-30-7-4-10-40(30)11-5-8-30/h12-15,19H,2-11,16-17H2,1H3,(H,34,38)(H,35,41). The van der Waals surface area contributed by atoms with Crippen molar-refractivity contribution in [3.05, 3.63) is 36.2 Å². The quantitative estimate of drug-likeness (QED) is 0.318. The van der Waals surface area contributed by atoms with Crippen LogP contribution in [0.15, 0.2) is 24.5 Å². The van der Waals surface area contributed by atoms with Crippen LogP contribution in [-0.2, 0) is 4.74 Å². The zero-order chi connectivity index (χ0) is 29.6. The monoisotopic (exact) mass is 592 g/mol. The summed E-state index contributed by atoms with van der Waals surface area (Å²) in [5.41, 5.74) is 0.668. The van der Waals surface area contributed by atoms with Crippen molar-refractivity contribution in [2.24, 2.45) is 0 Å². The van der Waals surface area contributed by atoms with E-state index in [4.69, 9.17) is 14.5 Å². The van der Waals surface area contributed by atoms with E-state index in [1.807, 2.05) is 4.90 Å². The molecule has 3 fully saturated rings. The number of hydrogen-bond donors (Lipinski definition) is 2. The molecule has 11 nitrogen and oxygen atoms in total. The van der Waals surface area contributed by atoms with E-state index in [1.165, 1.54) is 24.5 Å². The second kappa shape index (κ2) is 11.2. The molecule has 4 aromatic rings. The SMILES string of the molecule is CCOC(=O)NC1CCCN(c2nc(OCC34CCCN3CCC4)nc3c(F)c(-c4cc(F)cc5[nH]ncc45)ncc23)C1. The molecule has 3 saturated heterocycles. The van der Waals surface area contributed by atoms with Crippen LogP contribution in [0.4, 0.5) is 19.4 Å². The number of halogens is 2. The number of aromatic nitrogens is 5. The van der Waals surface area contributed by atoms with Crippen LogP contribution in [0.5, 0.6) is 6.01 Å². The van der Waals surface area contributed by atoms with Crippen molar-refractivity contribution in [1.82, 2.24) is 35.4 Å². The lowest BCUT2D eigenvalue weighted by molar-refractivity contribution is 0.108. The summed E-state index contributed by atoms with van der Waals surface area (Å²) in [5, 5.41) is 10.6. The van der Waals surface area contributed by atoms with Gasteiger partial charge in [0.15, 0.2) is 5.82 Å². The van der Waals surface area contributed by atoms with E-state index < -0.39 is 17.7 Å². The number of nitrogens with zero attached hydrogens (tertiary/aromatic N) is 6. The van der Waals surface area contributed by atoms with Crippen molar-refractivity contribution in [2.45, 2.75) is 57.0 Å². The molecule has 0 bridgehead atoms. The van der Waals surface area contributed by atoms with Gasteiger partial charge in [-0.1, -0.05) is 0 Å². The number of fused-ring (bicyclic) bond motifs is 3. The number of H-pyrrole nitrogens is 1. The molecule has 1 unspecified atom stereocenters. The maximum absolute atomic E-state index is 16.5. The number of hydrogen-bond acceptors (Lipinski definition) is 9. The average molecular weight is 593 g/mol. The summed E-state index contributed by atoms with van der Waals surface area (Å²) < 4.78 is 42.4. The highest BCUT2D eigenvalue weighted by molar-refractivity contribution is 5.97. The molecule has 7 rings (SSSR count). The molecule has 0 aliphatic carbocycles. The molecule has 1 aromatic carbocycles. The van der Waals surface area contributed by atoms with Gasteiger partial charge in [-0.05, 0) is 70.7 Å². The smallest absolute Gasteiger partial charge is 0.407 e. The number of rotatable bonds is 7. The zero-order valence-electron chi connectivity index (χ0n) is 24.0. The fourth-order valence-electron chi connectivity index (χ4n) is 7.01. The second-order valence-electron chi connectivity index (χ2n) is 11.7. The number of alkyl carbamates (subject to hydrolysis) is 1. The van der Waals surface area contributed by atoms with Gasteiger partial charge in [0.1, 0.15) is 29.5 Å². The van der Waals surface area contributed by atoms with E-state index in [0.717, 1.165) is 51.6 Å². The molecule has 13 heteroatoms. The van der Waals surface area contributed by atoms with Crippen LogP contribution in [0.3, 0.4) is 0 Å². The van der Waals surface area contributed by atoms with Crippen LogP contribution in [0, 0.1) is 11.6 Å². The van der Waals surface area contributed by atoms with Crippen LogP contribution >= 0.6 is 0 Å². The molecule has 226 valence electrons. The summed E-state index contributed by atoms with van der Waals surface area (Å²) in [4.78, 5) is 30.4. The number of ether oxygens (including phenoxy) is 2. The van der Waals surface area contributed by atoms with Crippen LogP contribution < -0.4 is 15.0 Å². The lowest BCUT2D eigenvalue weighted by atomic mass is 9.95. The first kappa shape index (κ1) is 27.7. The van der Waals surface area contributed by atoms with Gasteiger partial charge in [-0.2, -0.15) is 15.1 Å². The van der Waals surface area contributed by atoms with E-state index in [2.05, 4.69) is 30.4 Å². The topological polar surface area (TPSA) is 121 Å². The van der Waals surface area contributed by atoms with Crippen LogP contribution in [-0.4, -0.2) is 87.1 Å². The van der Waals surface area contributed by atoms with Gasteiger partial charge in [0.05, 0.1) is 29.2 Å². The predicted octanol–water partition coefficient (Wildman–Crippen LogP) is 4.57. The first-order chi connectivity index (χ1) is 20.9. The Kier molecular flexibility index (Phi) is 7.20. The van der Waals surface area contributed by atoms with Crippen molar-refractivity contribution in [3.63, 3.8) is 0 Å². The third kappa shape index (κ3) is 5.09. The molecule has 3 aliphatic heterocycles. The van der Waals surface area contributed by atoms with Gasteiger partial charge in [-0.3, -0.25) is 15.0 Å². The van der Waals surface area contributed by atoms with Crippen LogP contribution in [0.1, 0.15) is 45.4 Å². The largest absolute Gasteiger partial charge is 0.461 e. The summed E-state index contributed by atoms with van der Waals surface area (Å²) in [6.07, 6.45) is 8.47. The van der Waals surface area contributed by atoms with Gasteiger partial charge in [0, 0.05) is 36.3 Å². The molecule has 1 amide bonds. The fourth-order valence-corrected chi connectivity index (χ4v) is 7.01. The molecule has 2 N–H and O–H groups in total. The number of benzene rings is 1. The minimum Gasteiger partial charge on any atom is -0.461 e. The predicted molar refractivity (Wildman–Crippen MR) is 156 cm³/mol. The molecule has 1 atom stereocenters. The molecular formula is C30H34F2N8O3. The minimum absolute atomic E-state index is 0.0362. The highest BCUT2D eigenvalue weighted by Gasteiger charge is 2.45. The minimum atomic E-state index is -0.696. The van der Waals surface area contributed by atoms with Gasteiger partial charge < -0.3 is 19.7 Å². The summed E-state index contributed by atoms with van der Waals surface area (Å²) in [6, 6.07) is 2.46. The molecule has 3 aromatic heterocycles. The van der Waals surface area contributed by atoms with Gasteiger partial charge >= 0.3 is 12.1 Å². The van der Waals surface area contributed by atoms with E-state index >= 15 is 4.39 Å². The Bertz CT molecular complexity index is 1670. The van der Waals surface area contributed by atoms with Gasteiger partial charge in [0.2, 0.25) is 0 Å². The molecule has 6 heterocycles. The Morgan fingerprint density at radius 1 is 1.12 bits per heavy atom. The number of anilines is 1. The first-order valence-electron chi connectivity index (χ1n) is 15.0. The summed E-state index contributed by atoms with van der Waals surface area (Å²) in [7, 11) is 0. The number of carbonyl (C=O) groups is 1. The number of amides is 1. The van der Waals surface area contributed by atoms with Crippen molar-refractivity contribution in [2.75, 3.05) is 44.3 Å². The van der Waals surface area contributed by atoms with Gasteiger partial charge in [0.25, 0.3) is 0 Å². The first-order valence-corrected chi connectivity index (χ1v) is 15.0. The molecule has 0 saturated carbocycles. The maximum Gasteiger partial charge on any atom is 0.407 e. The summed E-state index contributed by atoms with van der Waals surface area (Å²) in [5.74, 6) is -0.752. The lowest BCUT2D eigenvalue weighted by Crippen LogP contribution is -2.48. The number of piperidine rings is 1. The van der Waals surface area contributed by atoms with Crippen LogP contribution in [0.2, 0.25) is 0 Å². The Labute approximate surface area is 247 Å². The molecule has 43 heavy (non-hydrogen) atoms. The fraction of sp³-hybridized carbons (Fsp3) is 0.500. The molecular weight excluding hydrogens is 558 g/mol. The van der Waals surface area contributed by atoms with E-state index in [0.29, 0.717) is 41.8 Å². The molecule has 0 radical (unpaired) electrons. The Morgan fingerprint density at radius 2 is 1.95 bits per heavy atom. The highest BCUT2D eigenvalue weighted by atomic mass is 19.1. The van der Waals surface area contributed by atoms with Crippen molar-refractivity contribution < 1.29 is 23.0 Å². The van der Waals surface area contributed by atoms with E-state index in [9.17, 15) is 9.18 Å². The molecule has 3 aliphatic rings. The second-order valence-corrected chi connectivity index (χ2v) is 11.7. The zero-order valence-corrected chi connectivity index (χ0v) is 24.0. The lowest BCUT2D eigenvalue weighted by Gasteiger charge is -2.34. The van der Waals surface area contributed by atoms with Crippen molar-refractivity contribution >= 4 is 33.7 Å². The summed E-state index contributed by atoms with van der Waals surface area (Å²) in [6.45, 7) is 5.66. The number of aromatic amines is 1. The molecule has 0 spiro atoms. The highest BCUT2D eigenvalue weighted by Crippen LogP contribution is 2.40.